The van der Waals surface area contributed by atoms with E-state index in [1.807, 2.05) is 6.07 Å². The van der Waals surface area contributed by atoms with Gasteiger partial charge < -0.3 is 10.4 Å². The maximum atomic E-state index is 13.0. The molecule has 0 aliphatic rings. The average molecular weight is 359 g/mol. The molecule has 0 radical (unpaired) electrons. The molecule has 0 spiro atoms. The molecular formula is C22H17NO4. The maximum Gasteiger partial charge on any atom is 0.336 e. The van der Waals surface area contributed by atoms with E-state index in [1.165, 1.54) is 12.1 Å². The van der Waals surface area contributed by atoms with Crippen LogP contribution in [0.15, 0.2) is 84.9 Å². The minimum Gasteiger partial charge on any atom is -0.478 e. The van der Waals surface area contributed by atoms with Crippen LogP contribution in [0.25, 0.3) is 0 Å². The van der Waals surface area contributed by atoms with Gasteiger partial charge in [0.05, 0.1) is 11.1 Å². The van der Waals surface area contributed by atoms with Crippen LogP contribution >= 0.6 is 0 Å². The Morgan fingerprint density at radius 1 is 0.704 bits per heavy atom. The molecule has 0 heterocycles. The number of rotatable bonds is 6. The summed E-state index contributed by atoms with van der Waals surface area (Å²) in [6, 6.07) is 22.5. The van der Waals surface area contributed by atoms with E-state index in [2.05, 4.69) is 5.32 Å². The van der Waals surface area contributed by atoms with Crippen molar-refractivity contribution in [3.05, 3.63) is 107 Å². The highest BCUT2D eigenvalue weighted by molar-refractivity contribution is 6.08. The summed E-state index contributed by atoms with van der Waals surface area (Å²) in [5.41, 5.74) is 0.964. The smallest absolute Gasteiger partial charge is 0.336 e. The van der Waals surface area contributed by atoms with Gasteiger partial charge in [-0.05, 0) is 17.7 Å². The molecule has 0 bridgehead atoms. The van der Waals surface area contributed by atoms with Crippen molar-refractivity contribution in [1.82, 2.24) is 5.32 Å². The van der Waals surface area contributed by atoms with E-state index < -0.39 is 17.9 Å². The number of nitrogens with one attached hydrogen (secondary N) is 1. The van der Waals surface area contributed by atoms with Gasteiger partial charge in [0.1, 0.15) is 6.04 Å². The summed E-state index contributed by atoms with van der Waals surface area (Å²) in [6.45, 7) is 0. The van der Waals surface area contributed by atoms with Gasteiger partial charge in [-0.3, -0.25) is 9.59 Å². The summed E-state index contributed by atoms with van der Waals surface area (Å²) in [6.07, 6.45) is 0. The Hall–Kier alpha value is -3.73. The second-order valence-electron chi connectivity index (χ2n) is 5.90. The summed E-state index contributed by atoms with van der Waals surface area (Å²) in [7, 11) is 0. The highest BCUT2D eigenvalue weighted by Gasteiger charge is 2.26. The van der Waals surface area contributed by atoms with Crippen molar-refractivity contribution < 1.29 is 19.5 Å². The van der Waals surface area contributed by atoms with Crippen molar-refractivity contribution in [1.29, 1.82) is 0 Å². The monoisotopic (exact) mass is 359 g/mol. The van der Waals surface area contributed by atoms with Crippen LogP contribution in [0.4, 0.5) is 0 Å². The van der Waals surface area contributed by atoms with Crippen LogP contribution in [-0.2, 0) is 0 Å². The number of amides is 1. The topological polar surface area (TPSA) is 83.5 Å². The van der Waals surface area contributed by atoms with E-state index >= 15 is 0 Å². The van der Waals surface area contributed by atoms with Crippen LogP contribution in [0.2, 0.25) is 0 Å². The summed E-state index contributed by atoms with van der Waals surface area (Å²) < 4.78 is 0. The zero-order valence-electron chi connectivity index (χ0n) is 14.3. The first-order chi connectivity index (χ1) is 13.1. The van der Waals surface area contributed by atoms with E-state index in [-0.39, 0.29) is 16.9 Å². The lowest BCUT2D eigenvalue weighted by atomic mass is 9.96. The van der Waals surface area contributed by atoms with Crippen molar-refractivity contribution in [2.75, 3.05) is 0 Å². The third-order valence-corrected chi connectivity index (χ3v) is 4.13. The highest BCUT2D eigenvalue weighted by atomic mass is 16.4. The largest absolute Gasteiger partial charge is 0.478 e. The van der Waals surface area contributed by atoms with Crippen LogP contribution in [0.1, 0.15) is 42.7 Å². The van der Waals surface area contributed by atoms with Gasteiger partial charge in [0.2, 0.25) is 0 Å². The number of hydrogen-bond donors (Lipinski definition) is 2. The van der Waals surface area contributed by atoms with Crippen LogP contribution in [0.5, 0.6) is 0 Å². The standard InChI is InChI=1S/C22H17NO4/c24-20(16-11-5-2-6-12-16)19(15-9-3-1-4-10-15)23-21(25)17-13-7-8-14-18(17)22(26)27/h1-14,19H,(H,23,25)(H,26,27)/t19-/m1/s1. The van der Waals surface area contributed by atoms with Crippen LogP contribution in [0.3, 0.4) is 0 Å². The first-order valence-corrected chi connectivity index (χ1v) is 8.35. The lowest BCUT2D eigenvalue weighted by Crippen LogP contribution is -2.34. The van der Waals surface area contributed by atoms with Crippen LogP contribution in [-0.4, -0.2) is 22.8 Å². The second kappa shape index (κ2) is 8.10. The Kier molecular flexibility index (Phi) is 5.42. The van der Waals surface area contributed by atoms with E-state index in [0.717, 1.165) is 0 Å². The molecule has 0 saturated carbocycles. The Balaban J connectivity index is 1.96. The zero-order chi connectivity index (χ0) is 19.2. The van der Waals surface area contributed by atoms with Gasteiger partial charge in [-0.25, -0.2) is 4.79 Å². The van der Waals surface area contributed by atoms with Gasteiger partial charge in [-0.1, -0.05) is 72.8 Å². The Morgan fingerprint density at radius 3 is 1.81 bits per heavy atom. The van der Waals surface area contributed by atoms with E-state index in [9.17, 15) is 19.5 Å². The predicted octanol–water partition coefficient (Wildman–Crippen LogP) is 3.74. The summed E-state index contributed by atoms with van der Waals surface area (Å²) in [5, 5.41) is 12.0. The van der Waals surface area contributed by atoms with Crippen molar-refractivity contribution >= 4 is 17.7 Å². The molecule has 27 heavy (non-hydrogen) atoms. The number of carbonyl (C=O) groups excluding carboxylic acids is 2. The first kappa shape index (κ1) is 18.1. The summed E-state index contributed by atoms with van der Waals surface area (Å²) in [4.78, 5) is 37.2. The molecule has 3 rings (SSSR count). The molecule has 0 aliphatic carbocycles. The molecule has 5 nitrogen and oxygen atoms in total. The predicted molar refractivity (Wildman–Crippen MR) is 101 cm³/mol. The molecule has 0 saturated heterocycles. The third-order valence-electron chi connectivity index (χ3n) is 4.13. The van der Waals surface area contributed by atoms with Gasteiger partial charge in [0.15, 0.2) is 5.78 Å². The van der Waals surface area contributed by atoms with E-state index in [1.54, 1.807) is 66.7 Å². The number of hydrogen-bond acceptors (Lipinski definition) is 3. The zero-order valence-corrected chi connectivity index (χ0v) is 14.3. The molecule has 0 aromatic heterocycles. The van der Waals surface area contributed by atoms with Crippen LogP contribution < -0.4 is 5.32 Å². The van der Waals surface area contributed by atoms with Gasteiger partial charge in [-0.15, -0.1) is 0 Å². The molecule has 134 valence electrons. The molecule has 2 N–H and O–H groups in total. The summed E-state index contributed by atoms with van der Waals surface area (Å²) >= 11 is 0. The molecule has 0 fully saturated rings. The van der Waals surface area contributed by atoms with E-state index in [0.29, 0.717) is 11.1 Å². The molecule has 3 aromatic rings. The fourth-order valence-electron chi connectivity index (χ4n) is 2.79. The van der Waals surface area contributed by atoms with Crippen molar-refractivity contribution in [3.8, 4) is 0 Å². The van der Waals surface area contributed by atoms with Gasteiger partial charge in [0.25, 0.3) is 5.91 Å². The third kappa shape index (κ3) is 4.10. The number of Topliss-reactive ketones (excluding diaryl/α,β-unsaturated/α-hetero) is 1. The molecule has 1 amide bonds. The number of carbonyl (C=O) groups is 3. The van der Waals surface area contributed by atoms with Crippen molar-refractivity contribution in [2.45, 2.75) is 6.04 Å². The van der Waals surface area contributed by atoms with E-state index in [4.69, 9.17) is 0 Å². The number of carboxylic acid groups (broad SMARTS) is 1. The van der Waals surface area contributed by atoms with Crippen LogP contribution in [0, 0.1) is 0 Å². The SMILES string of the molecule is O=C(O)c1ccccc1C(=O)N[C@@H](C(=O)c1ccccc1)c1ccccc1. The fourth-order valence-corrected chi connectivity index (χ4v) is 2.79. The lowest BCUT2D eigenvalue weighted by molar-refractivity contribution is 0.0690. The molecule has 5 heteroatoms. The number of benzene rings is 3. The van der Waals surface area contributed by atoms with Gasteiger partial charge in [-0.2, -0.15) is 0 Å². The minimum absolute atomic E-state index is 0.00629. The fraction of sp³-hybridized carbons (Fsp3) is 0.0455. The normalized spacial score (nSPS) is 11.4. The molecule has 0 aliphatic heterocycles. The Morgan fingerprint density at radius 2 is 1.22 bits per heavy atom. The highest BCUT2D eigenvalue weighted by Crippen LogP contribution is 2.20. The molecule has 3 aromatic carbocycles. The minimum atomic E-state index is -1.20. The Bertz CT molecular complexity index is 968. The summed E-state index contributed by atoms with van der Waals surface area (Å²) in [5.74, 6) is -2.10. The number of carboxylic acids is 1. The van der Waals surface area contributed by atoms with Gasteiger partial charge >= 0.3 is 5.97 Å². The second-order valence-corrected chi connectivity index (χ2v) is 5.90. The number of aromatic carboxylic acids is 1. The Labute approximate surface area is 156 Å². The van der Waals surface area contributed by atoms with Crippen molar-refractivity contribution in [3.63, 3.8) is 0 Å². The number of ketones is 1. The molecule has 1 atom stereocenters. The molecular weight excluding hydrogens is 342 g/mol. The van der Waals surface area contributed by atoms with Gasteiger partial charge in [0, 0.05) is 5.56 Å². The quantitative estimate of drug-likeness (QED) is 0.657. The average Bonchev–Trinajstić information content (AvgIpc) is 2.72. The van der Waals surface area contributed by atoms with Crippen molar-refractivity contribution in [2.24, 2.45) is 0 Å². The maximum absolute atomic E-state index is 13.0. The lowest BCUT2D eigenvalue weighted by Gasteiger charge is -2.19. The first-order valence-electron chi connectivity index (χ1n) is 8.35. The molecule has 0 unspecified atom stereocenters.